The number of carbonyl (C=O) groups excluding carboxylic acids is 3. The smallest absolute Gasteiger partial charge is 0.323 e. The molecule has 1 atom stereocenters. The number of benzene rings is 2. The number of imide groups is 1. The Bertz CT molecular complexity index is 1880. The topological polar surface area (TPSA) is 133 Å². The highest BCUT2D eigenvalue weighted by Crippen LogP contribution is 2.31. The van der Waals surface area contributed by atoms with Crippen molar-refractivity contribution in [2.75, 3.05) is 36.0 Å². The van der Waals surface area contributed by atoms with Crippen molar-refractivity contribution in [3.63, 3.8) is 0 Å². The van der Waals surface area contributed by atoms with Gasteiger partial charge in [0, 0.05) is 55.4 Å². The molecule has 0 radical (unpaired) electrons. The zero-order chi connectivity index (χ0) is 34.3. The summed E-state index contributed by atoms with van der Waals surface area (Å²) < 4.78 is 1.13. The molecule has 0 saturated carbocycles. The van der Waals surface area contributed by atoms with Gasteiger partial charge in [-0.25, -0.2) is 0 Å². The predicted octanol–water partition coefficient (Wildman–Crippen LogP) is 5.37. The van der Waals surface area contributed by atoms with Crippen LogP contribution in [0.2, 0.25) is 0 Å². The van der Waals surface area contributed by atoms with Gasteiger partial charge in [-0.3, -0.25) is 33.9 Å². The third-order valence-electron chi connectivity index (χ3n) is 9.50. The van der Waals surface area contributed by atoms with Crippen LogP contribution >= 0.6 is 0 Å². The van der Waals surface area contributed by atoms with Gasteiger partial charge in [0.15, 0.2) is 0 Å². The van der Waals surface area contributed by atoms with E-state index in [9.17, 15) is 29.1 Å². The number of aromatic nitrogens is 2. The summed E-state index contributed by atoms with van der Waals surface area (Å²) in [4.78, 5) is 73.1. The molecule has 2 aliphatic rings. The molecule has 1 saturated heterocycles. The lowest BCUT2D eigenvalue weighted by molar-refractivity contribution is -0.137. The van der Waals surface area contributed by atoms with Gasteiger partial charge in [-0.15, -0.1) is 0 Å². The molecule has 254 valence electrons. The van der Waals surface area contributed by atoms with Gasteiger partial charge in [-0.2, -0.15) is 0 Å². The van der Waals surface area contributed by atoms with Crippen molar-refractivity contribution < 1.29 is 24.3 Å². The maximum atomic E-state index is 14.2. The summed E-state index contributed by atoms with van der Waals surface area (Å²) in [6, 6.07) is 17.9. The van der Waals surface area contributed by atoms with Crippen molar-refractivity contribution in [3.05, 3.63) is 101 Å². The standard InChI is InChI=1S/C38H41N5O6/c44-34-18-17-29(25-41(34)26-35(45)46)42(20-9-3-1-2-4-10-21-43-37(48)31-15-7-8-16-32(31)38(43)49)36(47)28-13-11-19-40(24-28)33-23-39-22-27-12-5-6-14-30(27)33/h5-8,12,14-18,22-23,25,28H,1-4,9-11,13,19-21,24,26H2,(H,45,46)/t28-/m0/s1. The van der Waals surface area contributed by atoms with Gasteiger partial charge >= 0.3 is 5.97 Å². The number of unbranched alkanes of at least 4 members (excludes halogenated alkanes) is 5. The Kier molecular flexibility index (Phi) is 10.5. The van der Waals surface area contributed by atoms with E-state index in [-0.39, 0.29) is 23.6 Å². The van der Waals surface area contributed by atoms with Crippen LogP contribution in [-0.2, 0) is 16.1 Å². The van der Waals surface area contributed by atoms with E-state index in [4.69, 9.17) is 0 Å². The number of carboxylic acids is 1. The van der Waals surface area contributed by atoms with E-state index in [0.717, 1.165) is 78.9 Å². The maximum absolute atomic E-state index is 14.2. The highest BCUT2D eigenvalue weighted by molar-refractivity contribution is 6.21. The van der Waals surface area contributed by atoms with Gasteiger partial charge in [0.25, 0.3) is 17.4 Å². The molecule has 2 aromatic heterocycles. The lowest BCUT2D eigenvalue weighted by atomic mass is 9.95. The highest BCUT2D eigenvalue weighted by Gasteiger charge is 2.34. The Labute approximate surface area is 284 Å². The zero-order valence-corrected chi connectivity index (χ0v) is 27.5. The number of rotatable bonds is 14. The van der Waals surface area contributed by atoms with Crippen molar-refractivity contribution in [3.8, 4) is 0 Å². The van der Waals surface area contributed by atoms with E-state index in [1.165, 1.54) is 17.2 Å². The van der Waals surface area contributed by atoms with Gasteiger partial charge in [0.2, 0.25) is 5.91 Å². The second-order valence-corrected chi connectivity index (χ2v) is 12.8. The summed E-state index contributed by atoms with van der Waals surface area (Å²) in [7, 11) is 0. The number of carbonyl (C=O) groups is 4. The molecule has 11 heteroatoms. The van der Waals surface area contributed by atoms with Gasteiger partial charge in [0.05, 0.1) is 34.6 Å². The van der Waals surface area contributed by atoms with Gasteiger partial charge in [-0.05, 0) is 43.9 Å². The molecule has 4 heterocycles. The fraction of sp³-hybridized carbons (Fsp3) is 0.368. The van der Waals surface area contributed by atoms with Gasteiger partial charge < -0.3 is 19.5 Å². The third-order valence-corrected chi connectivity index (χ3v) is 9.50. The van der Waals surface area contributed by atoms with Crippen molar-refractivity contribution in [1.29, 1.82) is 0 Å². The first-order chi connectivity index (χ1) is 23.8. The fourth-order valence-corrected chi connectivity index (χ4v) is 6.97. The Hall–Kier alpha value is -5.32. The Morgan fingerprint density at radius 2 is 1.53 bits per heavy atom. The number of aliphatic carboxylic acids is 1. The highest BCUT2D eigenvalue weighted by atomic mass is 16.4. The summed E-state index contributed by atoms with van der Waals surface area (Å²) >= 11 is 0. The van der Waals surface area contributed by atoms with E-state index in [1.54, 1.807) is 35.2 Å². The molecular weight excluding hydrogens is 622 g/mol. The van der Waals surface area contributed by atoms with E-state index < -0.39 is 18.1 Å². The second kappa shape index (κ2) is 15.3. The monoisotopic (exact) mass is 663 g/mol. The number of fused-ring (bicyclic) bond motifs is 2. The molecule has 1 N–H and O–H groups in total. The molecule has 0 bridgehead atoms. The summed E-state index contributed by atoms with van der Waals surface area (Å²) in [5.74, 6) is -1.91. The molecule has 1 fully saturated rings. The van der Waals surface area contributed by atoms with Crippen LogP contribution in [0.4, 0.5) is 11.4 Å². The molecule has 2 aliphatic heterocycles. The maximum Gasteiger partial charge on any atom is 0.323 e. The van der Waals surface area contributed by atoms with Crippen LogP contribution in [0, 0.1) is 5.92 Å². The molecule has 0 unspecified atom stereocenters. The van der Waals surface area contributed by atoms with Gasteiger partial charge in [0.1, 0.15) is 6.54 Å². The molecule has 49 heavy (non-hydrogen) atoms. The molecule has 3 amide bonds. The minimum absolute atomic E-state index is 0.0423. The number of hydrogen-bond acceptors (Lipinski definition) is 7. The Morgan fingerprint density at radius 3 is 2.29 bits per heavy atom. The average molecular weight is 664 g/mol. The first-order valence-electron chi connectivity index (χ1n) is 17.1. The minimum Gasteiger partial charge on any atom is -0.480 e. The lowest BCUT2D eigenvalue weighted by Crippen LogP contribution is -2.45. The van der Waals surface area contributed by atoms with Gasteiger partial charge in [-0.1, -0.05) is 62.1 Å². The molecule has 6 rings (SSSR count). The summed E-state index contributed by atoms with van der Waals surface area (Å²) in [5.41, 5.74) is 2.01. The minimum atomic E-state index is -1.13. The Morgan fingerprint density at radius 1 is 0.837 bits per heavy atom. The van der Waals surface area contributed by atoms with Crippen molar-refractivity contribution in [2.24, 2.45) is 5.92 Å². The van der Waals surface area contributed by atoms with E-state index in [0.29, 0.717) is 36.4 Å². The molecule has 0 aliphatic carbocycles. The predicted molar refractivity (Wildman–Crippen MR) is 187 cm³/mol. The third kappa shape index (κ3) is 7.56. The number of pyridine rings is 2. The van der Waals surface area contributed by atoms with Crippen LogP contribution in [0.3, 0.4) is 0 Å². The first-order valence-corrected chi connectivity index (χ1v) is 17.1. The van der Waals surface area contributed by atoms with Crippen LogP contribution in [0.25, 0.3) is 10.8 Å². The molecule has 2 aromatic carbocycles. The number of carboxylic acid groups (broad SMARTS) is 1. The first kappa shape index (κ1) is 33.6. The number of piperidine rings is 1. The molecular formula is C38H41N5O6. The normalized spacial score (nSPS) is 15.9. The summed E-state index contributed by atoms with van der Waals surface area (Å²) in [6.07, 6.45) is 11.8. The number of amides is 3. The second-order valence-electron chi connectivity index (χ2n) is 12.8. The van der Waals surface area contributed by atoms with Crippen LogP contribution in [0.15, 0.2) is 84.0 Å². The molecule has 4 aromatic rings. The quantitative estimate of drug-likeness (QED) is 0.141. The Balaban J connectivity index is 1.07. The average Bonchev–Trinajstić information content (AvgIpc) is 3.36. The largest absolute Gasteiger partial charge is 0.480 e. The van der Waals surface area contributed by atoms with Crippen molar-refractivity contribution in [1.82, 2.24) is 14.5 Å². The van der Waals surface area contributed by atoms with Crippen LogP contribution in [0.1, 0.15) is 72.1 Å². The van der Waals surface area contributed by atoms with Crippen molar-refractivity contribution >= 4 is 45.8 Å². The van der Waals surface area contributed by atoms with Crippen LogP contribution in [0.5, 0.6) is 0 Å². The molecule has 11 nitrogen and oxygen atoms in total. The number of anilines is 2. The summed E-state index contributed by atoms with van der Waals surface area (Å²) in [6.45, 7) is 1.70. The lowest BCUT2D eigenvalue weighted by Gasteiger charge is -2.36. The van der Waals surface area contributed by atoms with E-state index >= 15 is 0 Å². The summed E-state index contributed by atoms with van der Waals surface area (Å²) in [5, 5.41) is 11.5. The van der Waals surface area contributed by atoms with Crippen LogP contribution in [-0.4, -0.2) is 69.4 Å². The van der Waals surface area contributed by atoms with E-state index in [2.05, 4.69) is 16.0 Å². The van der Waals surface area contributed by atoms with Crippen molar-refractivity contribution in [2.45, 2.75) is 57.9 Å². The SMILES string of the molecule is O=C(O)Cn1cc(N(CCCCCCCCN2C(=O)c3ccccc3C2=O)C(=O)[C@H]2CCCN(c3cncc4ccccc34)C2)ccc1=O. The number of nitrogens with zero attached hydrogens (tertiary/aromatic N) is 5. The fourth-order valence-electron chi connectivity index (χ4n) is 6.97. The van der Waals surface area contributed by atoms with Crippen LogP contribution < -0.4 is 15.4 Å². The zero-order valence-electron chi connectivity index (χ0n) is 27.5. The van der Waals surface area contributed by atoms with E-state index in [1.807, 2.05) is 30.6 Å². The number of hydrogen-bond donors (Lipinski definition) is 1. The molecule has 0 spiro atoms.